The van der Waals surface area contributed by atoms with Crippen molar-refractivity contribution in [2.24, 2.45) is 0 Å². The minimum absolute atomic E-state index is 0.0458. The van der Waals surface area contributed by atoms with Gasteiger partial charge in [-0.3, -0.25) is 9.59 Å². The van der Waals surface area contributed by atoms with Crippen LogP contribution in [0.5, 0.6) is 0 Å². The molecule has 158 valence electrons. The summed E-state index contributed by atoms with van der Waals surface area (Å²) < 4.78 is 40.9. The molecule has 4 rings (SSSR count). The molecule has 0 bridgehead atoms. The first-order valence-electron chi connectivity index (χ1n) is 9.45. The Kier molecular flexibility index (Phi) is 5.81. The van der Waals surface area contributed by atoms with Crippen LogP contribution in [-0.2, 0) is 14.8 Å². The molecule has 10 heteroatoms. The van der Waals surface area contributed by atoms with E-state index >= 15 is 0 Å². The molecule has 2 amide bonds. The van der Waals surface area contributed by atoms with Crippen LogP contribution in [0.3, 0.4) is 0 Å². The van der Waals surface area contributed by atoms with Gasteiger partial charge in [0.25, 0.3) is 5.91 Å². The Morgan fingerprint density at radius 2 is 2.03 bits per heavy atom. The zero-order valence-corrected chi connectivity index (χ0v) is 17.6. The topological polar surface area (TPSA) is 95.6 Å². The minimum atomic E-state index is -3.90. The van der Waals surface area contributed by atoms with Gasteiger partial charge in [0.2, 0.25) is 15.9 Å². The van der Waals surface area contributed by atoms with Crippen molar-refractivity contribution in [3.63, 3.8) is 0 Å². The molecule has 0 saturated carbocycles. The lowest BCUT2D eigenvalue weighted by atomic mass is 10.0. The molecular formula is C20H20FN3O4S2. The molecule has 0 aliphatic carbocycles. The Hall–Kier alpha value is -2.43. The summed E-state index contributed by atoms with van der Waals surface area (Å²) in [5.41, 5.74) is 0.913. The smallest absolute Gasteiger partial charge is 0.251 e. The molecule has 2 aliphatic rings. The fourth-order valence-electron chi connectivity index (χ4n) is 3.55. The highest BCUT2D eigenvalue weighted by molar-refractivity contribution is 7.99. The number of benzene rings is 2. The first-order valence-corrected chi connectivity index (χ1v) is 11.9. The van der Waals surface area contributed by atoms with Gasteiger partial charge in [0, 0.05) is 29.3 Å². The number of carbonyl (C=O) groups excluding carboxylic acids is 2. The maximum atomic E-state index is 14.1. The van der Waals surface area contributed by atoms with Crippen molar-refractivity contribution >= 4 is 33.6 Å². The molecule has 2 aliphatic heterocycles. The Bertz CT molecular complexity index is 1110. The average molecular weight is 450 g/mol. The lowest BCUT2D eigenvalue weighted by Crippen LogP contribution is -2.49. The van der Waals surface area contributed by atoms with E-state index in [1.807, 2.05) is 0 Å². The Morgan fingerprint density at radius 3 is 2.83 bits per heavy atom. The average Bonchev–Trinajstić information content (AvgIpc) is 2.74. The summed E-state index contributed by atoms with van der Waals surface area (Å²) in [6, 6.07) is 10.2. The van der Waals surface area contributed by atoms with Crippen LogP contribution in [0.1, 0.15) is 28.4 Å². The van der Waals surface area contributed by atoms with Gasteiger partial charge >= 0.3 is 0 Å². The quantitative estimate of drug-likeness (QED) is 0.744. The van der Waals surface area contributed by atoms with E-state index in [0.29, 0.717) is 17.1 Å². The number of fused-ring (bicyclic) bond motifs is 1. The Labute approximate surface area is 178 Å². The second-order valence-electron chi connectivity index (χ2n) is 7.04. The van der Waals surface area contributed by atoms with Gasteiger partial charge in [0.05, 0.1) is 17.5 Å². The van der Waals surface area contributed by atoms with E-state index < -0.39 is 15.9 Å². The van der Waals surface area contributed by atoms with Crippen molar-refractivity contribution in [1.82, 2.24) is 14.9 Å². The van der Waals surface area contributed by atoms with Gasteiger partial charge in [-0.25, -0.2) is 12.8 Å². The van der Waals surface area contributed by atoms with Crippen LogP contribution in [0.25, 0.3) is 0 Å². The number of hydrogen-bond acceptors (Lipinski definition) is 5. The van der Waals surface area contributed by atoms with E-state index in [1.165, 1.54) is 42.1 Å². The van der Waals surface area contributed by atoms with Gasteiger partial charge in [-0.2, -0.15) is 4.31 Å². The van der Waals surface area contributed by atoms with Crippen molar-refractivity contribution < 1.29 is 22.4 Å². The highest BCUT2D eigenvalue weighted by Gasteiger charge is 2.30. The fraction of sp³-hybridized carbons (Fsp3) is 0.300. The third-order valence-electron chi connectivity index (χ3n) is 5.07. The molecule has 30 heavy (non-hydrogen) atoms. The zero-order valence-electron chi connectivity index (χ0n) is 15.9. The molecule has 2 aromatic carbocycles. The number of hydrogen-bond donors (Lipinski definition) is 2. The summed E-state index contributed by atoms with van der Waals surface area (Å²) in [4.78, 5) is 24.9. The number of rotatable bonds is 4. The predicted octanol–water partition coefficient (Wildman–Crippen LogP) is 1.91. The van der Waals surface area contributed by atoms with Crippen molar-refractivity contribution in [3.8, 4) is 0 Å². The minimum Gasteiger partial charge on any atom is -0.354 e. The van der Waals surface area contributed by atoms with E-state index in [9.17, 15) is 22.4 Å². The normalized spacial score (nSPS) is 19.6. The molecule has 2 N–H and O–H groups in total. The van der Waals surface area contributed by atoms with Crippen LogP contribution in [0.4, 0.5) is 4.39 Å². The van der Waals surface area contributed by atoms with Crippen LogP contribution < -0.4 is 10.6 Å². The van der Waals surface area contributed by atoms with Gasteiger partial charge in [-0.1, -0.05) is 18.2 Å². The van der Waals surface area contributed by atoms with Crippen molar-refractivity contribution in [2.45, 2.75) is 22.3 Å². The number of nitrogens with zero attached hydrogens (tertiary/aromatic N) is 1. The summed E-state index contributed by atoms with van der Waals surface area (Å²) in [5, 5.41) is 5.48. The number of thioether (sulfide) groups is 1. The molecule has 1 fully saturated rings. The van der Waals surface area contributed by atoms with E-state index in [1.54, 1.807) is 12.1 Å². The fourth-order valence-corrected chi connectivity index (χ4v) is 6.13. The lowest BCUT2D eigenvalue weighted by Gasteiger charge is -2.27. The first kappa shape index (κ1) is 20.8. The second kappa shape index (κ2) is 8.37. The molecule has 0 radical (unpaired) electrons. The van der Waals surface area contributed by atoms with Crippen molar-refractivity contribution in [3.05, 3.63) is 59.4 Å². The first-order chi connectivity index (χ1) is 14.4. The van der Waals surface area contributed by atoms with Gasteiger partial charge in [0.15, 0.2) is 0 Å². The Morgan fingerprint density at radius 1 is 1.23 bits per heavy atom. The molecule has 2 aromatic rings. The molecular weight excluding hydrogens is 429 g/mol. The summed E-state index contributed by atoms with van der Waals surface area (Å²) in [5.74, 6) is -0.435. The SMILES string of the molecule is O=C1CN(S(=O)(=O)c2cccc(C(=O)NC3CCSc4c(F)cccc43)c2)CCN1. The largest absolute Gasteiger partial charge is 0.354 e. The summed E-state index contributed by atoms with van der Waals surface area (Å²) in [6.45, 7) is 0.168. The Balaban J connectivity index is 1.56. The van der Waals surface area contributed by atoms with Crippen LogP contribution >= 0.6 is 11.8 Å². The number of halogens is 1. The van der Waals surface area contributed by atoms with Crippen molar-refractivity contribution in [2.75, 3.05) is 25.4 Å². The van der Waals surface area contributed by atoms with Crippen LogP contribution in [0.15, 0.2) is 52.3 Å². The van der Waals surface area contributed by atoms with E-state index in [-0.39, 0.29) is 47.9 Å². The van der Waals surface area contributed by atoms with Crippen LogP contribution in [0, 0.1) is 5.82 Å². The second-order valence-corrected chi connectivity index (χ2v) is 10.1. The van der Waals surface area contributed by atoms with Gasteiger partial charge < -0.3 is 10.6 Å². The summed E-state index contributed by atoms with van der Waals surface area (Å²) >= 11 is 1.42. The van der Waals surface area contributed by atoms with Gasteiger partial charge in [-0.05, 0) is 36.2 Å². The maximum absolute atomic E-state index is 14.1. The van der Waals surface area contributed by atoms with Crippen LogP contribution in [-0.4, -0.2) is 49.9 Å². The number of piperazine rings is 1. The molecule has 0 spiro atoms. The molecule has 0 aromatic heterocycles. The monoisotopic (exact) mass is 449 g/mol. The zero-order chi connectivity index (χ0) is 21.3. The number of sulfonamides is 1. The predicted molar refractivity (Wildman–Crippen MR) is 110 cm³/mol. The summed E-state index contributed by atoms with van der Waals surface area (Å²) in [7, 11) is -3.90. The molecule has 7 nitrogen and oxygen atoms in total. The van der Waals surface area contributed by atoms with Crippen molar-refractivity contribution in [1.29, 1.82) is 0 Å². The third-order valence-corrected chi connectivity index (χ3v) is 8.07. The standard InChI is InChI=1S/C20H20FN3O4S2/c21-16-6-2-5-15-17(7-10-29-19(15)16)23-20(26)13-3-1-4-14(11-13)30(27,28)24-9-8-22-18(25)12-24/h1-6,11,17H,7-10,12H2,(H,22,25)(H,23,26). The molecule has 2 heterocycles. The summed E-state index contributed by atoms with van der Waals surface area (Å²) in [6.07, 6.45) is 0.647. The molecule has 1 saturated heterocycles. The number of nitrogens with one attached hydrogen (secondary N) is 2. The van der Waals surface area contributed by atoms with Gasteiger partial charge in [0.1, 0.15) is 5.82 Å². The van der Waals surface area contributed by atoms with E-state index in [4.69, 9.17) is 0 Å². The van der Waals surface area contributed by atoms with E-state index in [0.717, 1.165) is 9.87 Å². The van der Waals surface area contributed by atoms with Crippen LogP contribution in [0.2, 0.25) is 0 Å². The van der Waals surface area contributed by atoms with Gasteiger partial charge in [-0.15, -0.1) is 11.8 Å². The molecule has 1 unspecified atom stereocenters. The molecule has 1 atom stereocenters. The number of amides is 2. The maximum Gasteiger partial charge on any atom is 0.251 e. The third kappa shape index (κ3) is 4.07. The highest BCUT2D eigenvalue weighted by Crippen LogP contribution is 2.37. The van der Waals surface area contributed by atoms with E-state index in [2.05, 4.69) is 10.6 Å². The lowest BCUT2D eigenvalue weighted by molar-refractivity contribution is -0.122. The highest BCUT2D eigenvalue weighted by atomic mass is 32.2. The number of carbonyl (C=O) groups is 2.